The van der Waals surface area contributed by atoms with Crippen molar-refractivity contribution in [3.63, 3.8) is 0 Å². The summed E-state index contributed by atoms with van der Waals surface area (Å²) in [5.41, 5.74) is 0.720. The van der Waals surface area contributed by atoms with Crippen molar-refractivity contribution in [2.24, 2.45) is 0 Å². The van der Waals surface area contributed by atoms with E-state index in [0.29, 0.717) is 21.8 Å². The summed E-state index contributed by atoms with van der Waals surface area (Å²) in [5, 5.41) is 12.6. The van der Waals surface area contributed by atoms with Crippen LogP contribution in [0.1, 0.15) is 13.8 Å². The quantitative estimate of drug-likeness (QED) is 0.649. The van der Waals surface area contributed by atoms with E-state index in [4.69, 9.17) is 4.74 Å². The zero-order chi connectivity index (χ0) is 19.2. The summed E-state index contributed by atoms with van der Waals surface area (Å²) in [6, 6.07) is 7.33. The Bertz CT molecular complexity index is 740. The van der Waals surface area contributed by atoms with E-state index in [0.717, 1.165) is 17.4 Å². The molecule has 0 aliphatic carbocycles. The highest BCUT2D eigenvalue weighted by Gasteiger charge is 2.29. The number of hydrogen-bond donors (Lipinski definition) is 2. The van der Waals surface area contributed by atoms with Crippen LogP contribution in [0.3, 0.4) is 0 Å². The zero-order valence-electron chi connectivity index (χ0n) is 14.0. The molecular formula is C15H17F3N4O2S2. The van der Waals surface area contributed by atoms with Gasteiger partial charge in [-0.2, -0.15) is 13.2 Å². The summed E-state index contributed by atoms with van der Waals surface area (Å²) in [6.07, 6.45) is -4.44. The Kier molecular flexibility index (Phi) is 7.09. The van der Waals surface area contributed by atoms with Crippen LogP contribution in [0, 0.1) is 0 Å². The third kappa shape index (κ3) is 6.37. The van der Waals surface area contributed by atoms with Gasteiger partial charge in [0.25, 0.3) is 0 Å². The molecule has 0 bridgehead atoms. The minimum Gasteiger partial charge on any atom is -0.492 e. The first-order valence-electron chi connectivity index (χ1n) is 7.62. The van der Waals surface area contributed by atoms with Crippen LogP contribution in [0.2, 0.25) is 0 Å². The van der Waals surface area contributed by atoms with Crippen LogP contribution in [0.4, 0.5) is 24.0 Å². The highest BCUT2D eigenvalue weighted by atomic mass is 32.2. The molecule has 0 saturated carbocycles. The van der Waals surface area contributed by atoms with Gasteiger partial charge in [0.2, 0.25) is 11.0 Å². The number of nitrogens with one attached hydrogen (secondary N) is 2. The number of hydrogen-bond acceptors (Lipinski definition) is 7. The van der Waals surface area contributed by atoms with E-state index in [9.17, 15) is 18.0 Å². The normalized spacial score (nSPS) is 12.5. The molecule has 1 heterocycles. The smallest absolute Gasteiger partial charge is 0.405 e. The summed E-state index contributed by atoms with van der Waals surface area (Å²) >= 11 is 2.24. The van der Waals surface area contributed by atoms with Gasteiger partial charge in [0.1, 0.15) is 12.3 Å². The van der Waals surface area contributed by atoms with Crippen LogP contribution in [0.5, 0.6) is 5.75 Å². The fourth-order valence-electron chi connectivity index (χ4n) is 1.81. The van der Waals surface area contributed by atoms with Crippen LogP contribution in [-0.4, -0.2) is 40.7 Å². The molecule has 1 aromatic carbocycles. The third-order valence-electron chi connectivity index (χ3n) is 2.94. The van der Waals surface area contributed by atoms with Crippen LogP contribution in [0.15, 0.2) is 28.6 Å². The SMILES string of the molecule is CCOc1ccccc1Nc1nnc(SC(C)C(=O)NCC(F)(F)F)s1. The van der Waals surface area contributed by atoms with E-state index in [2.05, 4.69) is 15.5 Å². The number of aromatic nitrogens is 2. The number of thioether (sulfide) groups is 1. The Hall–Kier alpha value is -2.01. The van der Waals surface area contributed by atoms with Crippen molar-refractivity contribution in [1.29, 1.82) is 0 Å². The van der Waals surface area contributed by atoms with E-state index in [1.165, 1.54) is 18.3 Å². The number of amides is 1. The van der Waals surface area contributed by atoms with Crippen LogP contribution < -0.4 is 15.4 Å². The van der Waals surface area contributed by atoms with Crippen molar-refractivity contribution >= 4 is 39.8 Å². The molecule has 2 aromatic rings. The van der Waals surface area contributed by atoms with Gasteiger partial charge in [-0.3, -0.25) is 4.79 Å². The molecule has 11 heteroatoms. The van der Waals surface area contributed by atoms with E-state index < -0.39 is 23.9 Å². The number of benzene rings is 1. The van der Waals surface area contributed by atoms with Crippen molar-refractivity contribution in [3.05, 3.63) is 24.3 Å². The first-order valence-corrected chi connectivity index (χ1v) is 9.31. The summed E-state index contributed by atoms with van der Waals surface area (Å²) in [6.45, 7) is 2.55. The molecule has 2 rings (SSSR count). The molecule has 2 N–H and O–H groups in total. The van der Waals surface area contributed by atoms with Crippen molar-refractivity contribution < 1.29 is 22.7 Å². The predicted octanol–water partition coefficient (Wildman–Crippen LogP) is 3.84. The molecule has 1 amide bonds. The lowest BCUT2D eigenvalue weighted by Gasteiger charge is -2.11. The molecule has 0 aliphatic rings. The fraction of sp³-hybridized carbons (Fsp3) is 0.400. The standard InChI is InChI=1S/C15H17F3N4O2S2/c1-3-24-11-7-5-4-6-10(11)20-13-21-22-14(26-13)25-9(2)12(23)19-8-15(16,17)18/h4-7,9H,3,8H2,1-2H3,(H,19,23)(H,20,21). The van der Waals surface area contributed by atoms with Crippen molar-refractivity contribution in [3.8, 4) is 5.75 Å². The van der Waals surface area contributed by atoms with Gasteiger partial charge < -0.3 is 15.4 Å². The monoisotopic (exact) mass is 406 g/mol. The van der Waals surface area contributed by atoms with Gasteiger partial charge in [0.15, 0.2) is 4.34 Å². The fourth-order valence-corrected chi connectivity index (χ4v) is 3.74. The summed E-state index contributed by atoms with van der Waals surface area (Å²) in [5.74, 6) is -0.0435. The van der Waals surface area contributed by atoms with Gasteiger partial charge in [0.05, 0.1) is 17.5 Å². The van der Waals surface area contributed by atoms with Crippen molar-refractivity contribution in [2.75, 3.05) is 18.5 Å². The number of alkyl halides is 3. The number of rotatable bonds is 8. The molecule has 0 radical (unpaired) electrons. The summed E-state index contributed by atoms with van der Waals surface area (Å²) in [4.78, 5) is 11.7. The van der Waals surface area contributed by atoms with Crippen LogP contribution >= 0.6 is 23.1 Å². The highest BCUT2D eigenvalue weighted by Crippen LogP contribution is 2.33. The van der Waals surface area contributed by atoms with Crippen molar-refractivity contribution in [1.82, 2.24) is 15.5 Å². The lowest BCUT2D eigenvalue weighted by atomic mass is 10.3. The molecule has 142 valence electrons. The van der Waals surface area contributed by atoms with Gasteiger partial charge in [-0.25, -0.2) is 0 Å². The van der Waals surface area contributed by atoms with Gasteiger partial charge in [-0.1, -0.05) is 35.2 Å². The van der Waals surface area contributed by atoms with E-state index in [1.54, 1.807) is 0 Å². The Morgan fingerprint density at radius 3 is 2.77 bits per heavy atom. The lowest BCUT2D eigenvalue weighted by Crippen LogP contribution is -2.37. The second-order valence-corrected chi connectivity index (χ2v) is 7.59. The maximum absolute atomic E-state index is 12.1. The second kappa shape index (κ2) is 9.08. The molecule has 1 atom stereocenters. The van der Waals surface area contributed by atoms with Gasteiger partial charge in [0, 0.05) is 0 Å². The molecule has 6 nitrogen and oxygen atoms in total. The lowest BCUT2D eigenvalue weighted by molar-refractivity contribution is -0.137. The first kappa shape index (κ1) is 20.3. The third-order valence-corrected chi connectivity index (χ3v) is 4.97. The molecule has 1 aromatic heterocycles. The number of halogens is 3. The predicted molar refractivity (Wildman–Crippen MR) is 95.2 cm³/mol. The molecule has 1 unspecified atom stereocenters. The number of carbonyl (C=O) groups excluding carboxylic acids is 1. The first-order chi connectivity index (χ1) is 12.3. The number of carbonyl (C=O) groups is 1. The van der Waals surface area contributed by atoms with Gasteiger partial charge in [-0.05, 0) is 26.0 Å². The zero-order valence-corrected chi connectivity index (χ0v) is 15.6. The number of anilines is 2. The summed E-state index contributed by atoms with van der Waals surface area (Å²) < 4.78 is 42.4. The minimum absolute atomic E-state index is 0.469. The van der Waals surface area contributed by atoms with E-state index in [1.807, 2.05) is 36.5 Å². The highest BCUT2D eigenvalue weighted by molar-refractivity contribution is 8.02. The largest absolute Gasteiger partial charge is 0.492 e. The molecule has 0 spiro atoms. The molecule has 0 aliphatic heterocycles. The Morgan fingerprint density at radius 2 is 2.08 bits per heavy atom. The molecular weight excluding hydrogens is 389 g/mol. The number of para-hydroxylation sites is 2. The molecule has 0 fully saturated rings. The second-order valence-electron chi connectivity index (χ2n) is 5.02. The van der Waals surface area contributed by atoms with Gasteiger partial charge in [-0.15, -0.1) is 10.2 Å². The van der Waals surface area contributed by atoms with Crippen LogP contribution in [-0.2, 0) is 4.79 Å². The van der Waals surface area contributed by atoms with Crippen molar-refractivity contribution in [2.45, 2.75) is 29.6 Å². The minimum atomic E-state index is -4.44. The Balaban J connectivity index is 1.94. The van der Waals surface area contributed by atoms with E-state index >= 15 is 0 Å². The molecule has 0 saturated heterocycles. The molecule has 26 heavy (non-hydrogen) atoms. The Labute approximate surface area is 156 Å². The number of nitrogens with zero attached hydrogens (tertiary/aromatic N) is 2. The average Bonchev–Trinajstić information content (AvgIpc) is 3.01. The van der Waals surface area contributed by atoms with Gasteiger partial charge >= 0.3 is 6.18 Å². The van der Waals surface area contributed by atoms with E-state index in [-0.39, 0.29) is 0 Å². The van der Waals surface area contributed by atoms with Crippen LogP contribution in [0.25, 0.3) is 0 Å². The maximum Gasteiger partial charge on any atom is 0.405 e. The topological polar surface area (TPSA) is 76.1 Å². The maximum atomic E-state index is 12.1. The number of ether oxygens (including phenoxy) is 1. The Morgan fingerprint density at radius 1 is 1.35 bits per heavy atom. The average molecular weight is 406 g/mol. The summed E-state index contributed by atoms with van der Waals surface area (Å²) in [7, 11) is 0.